The van der Waals surface area contributed by atoms with Crippen LogP contribution in [0.15, 0.2) is 36.4 Å². The van der Waals surface area contributed by atoms with Crippen molar-refractivity contribution in [3.8, 4) is 5.75 Å². The molecule has 142 valence electrons. The number of nitrogens with one attached hydrogen (secondary N) is 3. The van der Waals surface area contributed by atoms with Crippen LogP contribution in [-0.2, 0) is 4.79 Å². The monoisotopic (exact) mass is 497 g/mol. The fourth-order valence-corrected chi connectivity index (χ4v) is 3.16. The van der Waals surface area contributed by atoms with Gasteiger partial charge in [-0.3, -0.25) is 14.9 Å². The number of methoxy groups -OCH3 is 1. The standard InChI is InChI=1S/C19H20IN3O3S/c1-4-17(24)22-15-10-13(7-5-11(15)2)21-19(27)23-18(25)12-6-8-16(26-3)14(20)9-12/h5-10H,4H2,1-3H3,(H,22,24)(H2,21,23,25,27). The van der Waals surface area contributed by atoms with Gasteiger partial charge in [0.05, 0.1) is 10.7 Å². The van der Waals surface area contributed by atoms with E-state index in [0.29, 0.717) is 29.1 Å². The lowest BCUT2D eigenvalue weighted by molar-refractivity contribution is -0.115. The molecule has 0 aromatic heterocycles. The highest BCUT2D eigenvalue weighted by molar-refractivity contribution is 14.1. The molecule has 0 radical (unpaired) electrons. The molecule has 0 unspecified atom stereocenters. The first-order valence-electron chi connectivity index (χ1n) is 8.20. The van der Waals surface area contributed by atoms with Crippen molar-refractivity contribution in [2.45, 2.75) is 20.3 Å². The first-order valence-corrected chi connectivity index (χ1v) is 9.69. The maximum Gasteiger partial charge on any atom is 0.257 e. The van der Waals surface area contributed by atoms with E-state index in [-0.39, 0.29) is 16.9 Å². The summed E-state index contributed by atoms with van der Waals surface area (Å²) >= 11 is 7.33. The lowest BCUT2D eigenvalue weighted by atomic mass is 10.1. The van der Waals surface area contributed by atoms with Gasteiger partial charge in [-0.1, -0.05) is 13.0 Å². The molecule has 0 fully saturated rings. The van der Waals surface area contributed by atoms with Crippen LogP contribution in [0.25, 0.3) is 0 Å². The van der Waals surface area contributed by atoms with E-state index in [0.717, 1.165) is 9.13 Å². The smallest absolute Gasteiger partial charge is 0.257 e. The van der Waals surface area contributed by atoms with Crippen molar-refractivity contribution in [2.24, 2.45) is 0 Å². The molecule has 0 atom stereocenters. The number of carbonyl (C=O) groups is 2. The quantitative estimate of drug-likeness (QED) is 0.429. The molecule has 2 rings (SSSR count). The maximum absolute atomic E-state index is 12.4. The number of thiocarbonyl (C=S) groups is 1. The molecule has 27 heavy (non-hydrogen) atoms. The molecule has 0 heterocycles. The van der Waals surface area contributed by atoms with Gasteiger partial charge in [0.2, 0.25) is 5.91 Å². The highest BCUT2D eigenvalue weighted by Gasteiger charge is 2.11. The molecule has 0 spiro atoms. The topological polar surface area (TPSA) is 79.5 Å². The number of carbonyl (C=O) groups excluding carboxylic acids is 2. The van der Waals surface area contributed by atoms with E-state index < -0.39 is 0 Å². The molecule has 3 N–H and O–H groups in total. The Morgan fingerprint density at radius 2 is 1.89 bits per heavy atom. The Bertz CT molecular complexity index is 886. The zero-order chi connectivity index (χ0) is 20.0. The summed E-state index contributed by atoms with van der Waals surface area (Å²) in [5.74, 6) is 0.314. The van der Waals surface area contributed by atoms with E-state index in [9.17, 15) is 9.59 Å². The van der Waals surface area contributed by atoms with E-state index in [2.05, 4.69) is 38.5 Å². The minimum absolute atomic E-state index is 0.0692. The molecule has 0 saturated heterocycles. The van der Waals surface area contributed by atoms with Gasteiger partial charge >= 0.3 is 0 Å². The van der Waals surface area contributed by atoms with Crippen LogP contribution in [0.3, 0.4) is 0 Å². The SMILES string of the molecule is CCC(=O)Nc1cc(NC(=S)NC(=O)c2ccc(OC)c(I)c2)ccc1C. The molecule has 0 saturated carbocycles. The van der Waals surface area contributed by atoms with E-state index >= 15 is 0 Å². The van der Waals surface area contributed by atoms with Gasteiger partial charge in [-0.05, 0) is 77.6 Å². The fourth-order valence-electron chi connectivity index (χ4n) is 2.22. The first kappa shape index (κ1) is 21.1. The number of hydrogen-bond acceptors (Lipinski definition) is 4. The number of halogens is 1. The van der Waals surface area contributed by atoms with Crippen molar-refractivity contribution >= 4 is 63.1 Å². The second-order valence-corrected chi connectivity index (χ2v) is 7.26. The molecule has 2 aromatic carbocycles. The second kappa shape index (κ2) is 9.65. The van der Waals surface area contributed by atoms with Gasteiger partial charge in [-0.25, -0.2) is 0 Å². The molecule has 0 aliphatic heterocycles. The molecular formula is C19H20IN3O3S. The predicted molar refractivity (Wildman–Crippen MR) is 119 cm³/mol. The van der Waals surface area contributed by atoms with Crippen LogP contribution in [0.1, 0.15) is 29.3 Å². The lowest BCUT2D eigenvalue weighted by Gasteiger charge is -2.13. The number of anilines is 2. The summed E-state index contributed by atoms with van der Waals surface area (Å²) in [4.78, 5) is 24.0. The normalized spacial score (nSPS) is 10.1. The average Bonchev–Trinajstić information content (AvgIpc) is 2.64. The highest BCUT2D eigenvalue weighted by atomic mass is 127. The average molecular weight is 497 g/mol. The van der Waals surface area contributed by atoms with Gasteiger partial charge in [-0.15, -0.1) is 0 Å². The Labute approximate surface area is 177 Å². The Morgan fingerprint density at radius 1 is 1.15 bits per heavy atom. The summed E-state index contributed by atoms with van der Waals surface area (Å²) < 4.78 is 6.02. The molecule has 0 aliphatic rings. The summed E-state index contributed by atoms with van der Waals surface area (Å²) in [5.41, 5.74) is 2.78. The van der Waals surface area contributed by atoms with E-state index in [1.165, 1.54) is 0 Å². The minimum atomic E-state index is -0.320. The van der Waals surface area contributed by atoms with Crippen LogP contribution < -0.4 is 20.7 Å². The van der Waals surface area contributed by atoms with Crippen molar-refractivity contribution in [2.75, 3.05) is 17.7 Å². The van der Waals surface area contributed by atoms with Crippen LogP contribution in [-0.4, -0.2) is 24.0 Å². The molecule has 2 aromatic rings. The first-order chi connectivity index (χ1) is 12.8. The van der Waals surface area contributed by atoms with Crippen molar-refractivity contribution in [3.05, 3.63) is 51.1 Å². The number of benzene rings is 2. The van der Waals surface area contributed by atoms with Gasteiger partial charge in [0, 0.05) is 23.4 Å². The van der Waals surface area contributed by atoms with Crippen LogP contribution in [0.4, 0.5) is 11.4 Å². The zero-order valence-corrected chi connectivity index (χ0v) is 18.2. The van der Waals surface area contributed by atoms with Crippen LogP contribution in [0, 0.1) is 10.5 Å². The Balaban J connectivity index is 2.05. The summed E-state index contributed by atoms with van der Waals surface area (Å²) in [6.45, 7) is 3.69. The van der Waals surface area contributed by atoms with Crippen molar-refractivity contribution in [1.82, 2.24) is 5.32 Å². The summed E-state index contributed by atoms with van der Waals surface area (Å²) in [6, 6.07) is 10.6. The summed E-state index contributed by atoms with van der Waals surface area (Å²) in [5, 5.41) is 8.61. The Hall–Kier alpha value is -2.20. The molecular weight excluding hydrogens is 477 g/mol. The fraction of sp³-hybridized carbons (Fsp3) is 0.211. The summed E-state index contributed by atoms with van der Waals surface area (Å²) in [7, 11) is 1.58. The van der Waals surface area contributed by atoms with Crippen LogP contribution in [0.5, 0.6) is 5.75 Å². The number of ether oxygens (including phenoxy) is 1. The van der Waals surface area contributed by atoms with Gasteiger partial charge in [0.1, 0.15) is 5.75 Å². The second-order valence-electron chi connectivity index (χ2n) is 5.69. The Kier molecular flexibility index (Phi) is 7.55. The van der Waals surface area contributed by atoms with Gasteiger partial charge in [-0.2, -0.15) is 0 Å². The largest absolute Gasteiger partial charge is 0.496 e. The molecule has 8 heteroatoms. The highest BCUT2D eigenvalue weighted by Crippen LogP contribution is 2.22. The lowest BCUT2D eigenvalue weighted by Crippen LogP contribution is -2.34. The summed E-state index contributed by atoms with van der Waals surface area (Å²) in [6.07, 6.45) is 0.395. The third-order valence-electron chi connectivity index (χ3n) is 3.73. The maximum atomic E-state index is 12.4. The van der Waals surface area contributed by atoms with Gasteiger partial charge in [0.15, 0.2) is 5.11 Å². The zero-order valence-electron chi connectivity index (χ0n) is 15.2. The van der Waals surface area contributed by atoms with Crippen molar-refractivity contribution < 1.29 is 14.3 Å². The van der Waals surface area contributed by atoms with Gasteiger partial charge in [0.25, 0.3) is 5.91 Å². The van der Waals surface area contributed by atoms with Gasteiger partial charge < -0.3 is 15.4 Å². The Morgan fingerprint density at radius 3 is 2.52 bits per heavy atom. The minimum Gasteiger partial charge on any atom is -0.496 e. The number of amides is 2. The third-order valence-corrected chi connectivity index (χ3v) is 4.78. The van der Waals surface area contributed by atoms with Crippen molar-refractivity contribution in [1.29, 1.82) is 0 Å². The molecule has 6 nitrogen and oxygen atoms in total. The van der Waals surface area contributed by atoms with Crippen molar-refractivity contribution in [3.63, 3.8) is 0 Å². The third kappa shape index (κ3) is 5.90. The van der Waals surface area contributed by atoms with Crippen LogP contribution in [0.2, 0.25) is 0 Å². The molecule has 2 amide bonds. The molecule has 0 bridgehead atoms. The molecule has 0 aliphatic carbocycles. The van der Waals surface area contributed by atoms with E-state index in [1.807, 2.05) is 19.1 Å². The number of aryl methyl sites for hydroxylation is 1. The predicted octanol–water partition coefficient (Wildman–Crippen LogP) is 4.08. The van der Waals surface area contributed by atoms with Crippen LogP contribution >= 0.6 is 34.8 Å². The van der Waals surface area contributed by atoms with E-state index in [1.54, 1.807) is 38.3 Å². The van der Waals surface area contributed by atoms with E-state index in [4.69, 9.17) is 17.0 Å². The number of hydrogen-bond donors (Lipinski definition) is 3. The number of rotatable bonds is 5.